The van der Waals surface area contributed by atoms with Crippen LogP contribution in [0.2, 0.25) is 0 Å². The Morgan fingerprint density at radius 3 is 1.72 bits per heavy atom. The van der Waals surface area contributed by atoms with E-state index in [1.807, 2.05) is 36.4 Å². The number of methoxy groups -OCH3 is 2. The average molecular weight is 513 g/mol. The van der Waals surface area contributed by atoms with Gasteiger partial charge in [0.15, 0.2) is 5.69 Å². The molecule has 0 fully saturated rings. The molecule has 0 saturated carbocycles. The van der Waals surface area contributed by atoms with Gasteiger partial charge in [0, 0.05) is 17.4 Å². The van der Waals surface area contributed by atoms with Crippen LogP contribution in [0.1, 0.15) is 66.1 Å². The summed E-state index contributed by atoms with van der Waals surface area (Å²) in [6.45, 7) is 0. The van der Waals surface area contributed by atoms with Gasteiger partial charge >= 0.3 is 11.9 Å². The Kier molecular flexibility index (Phi) is 5.23. The lowest BCUT2D eigenvalue weighted by molar-refractivity contribution is 0.0549. The molecule has 39 heavy (non-hydrogen) atoms. The van der Waals surface area contributed by atoms with Crippen molar-refractivity contribution in [3.05, 3.63) is 142 Å². The third kappa shape index (κ3) is 3.31. The average Bonchev–Trinajstić information content (AvgIpc) is 3.41. The number of carbonyl (C=O) groups is 2. The van der Waals surface area contributed by atoms with Crippen molar-refractivity contribution in [2.45, 2.75) is 11.8 Å². The van der Waals surface area contributed by atoms with Crippen LogP contribution in [0.15, 0.2) is 97.1 Å². The molecule has 5 aromatic rings. The van der Waals surface area contributed by atoms with Crippen molar-refractivity contribution < 1.29 is 19.1 Å². The monoisotopic (exact) mass is 512 g/mol. The van der Waals surface area contributed by atoms with E-state index in [9.17, 15) is 9.59 Å². The first-order valence-corrected chi connectivity index (χ1v) is 12.8. The maximum absolute atomic E-state index is 13.2. The SMILES string of the molecule is COC(=O)c1c(-c2ccc3c(c2)C2c4ccccc4C3c3ccccc32)nn(-c2ccccc2)c1C(=O)OC. The molecule has 3 aliphatic carbocycles. The minimum atomic E-state index is -0.669. The van der Waals surface area contributed by atoms with Crippen LogP contribution in [0.25, 0.3) is 16.9 Å². The summed E-state index contributed by atoms with van der Waals surface area (Å²) in [7, 11) is 2.59. The van der Waals surface area contributed by atoms with Crippen molar-refractivity contribution in [2.24, 2.45) is 0 Å². The highest BCUT2D eigenvalue weighted by Gasteiger charge is 2.41. The fraction of sp³-hybridized carbons (Fsp3) is 0.121. The van der Waals surface area contributed by atoms with Crippen LogP contribution in [0.5, 0.6) is 0 Å². The van der Waals surface area contributed by atoms with E-state index in [1.165, 1.54) is 52.3 Å². The standard InChI is InChI=1S/C33H24N2O4/c1-38-32(36)29-30(34-35(31(29)33(37)39-2)20-10-4-3-5-11-20)19-16-17-25-26(18-19)28-23-14-8-6-12-21(23)27(25)22-13-7-9-15-24(22)28/h3-18,27-28H,1-2H3. The van der Waals surface area contributed by atoms with Crippen LogP contribution in [0, 0.1) is 0 Å². The second-order valence-corrected chi connectivity index (χ2v) is 9.77. The second-order valence-electron chi connectivity index (χ2n) is 9.77. The molecular weight excluding hydrogens is 488 g/mol. The van der Waals surface area contributed by atoms with Gasteiger partial charge in [-0.2, -0.15) is 5.10 Å². The van der Waals surface area contributed by atoms with E-state index in [1.54, 1.807) is 0 Å². The molecule has 1 heterocycles. The Morgan fingerprint density at radius 1 is 0.641 bits per heavy atom. The molecule has 0 radical (unpaired) electrons. The molecule has 0 saturated heterocycles. The number of rotatable bonds is 4. The van der Waals surface area contributed by atoms with Gasteiger partial charge in [0.2, 0.25) is 0 Å². The quantitative estimate of drug-likeness (QED) is 0.267. The van der Waals surface area contributed by atoms with Crippen LogP contribution in [-0.2, 0) is 9.47 Å². The van der Waals surface area contributed by atoms with Gasteiger partial charge in [-0.05, 0) is 51.6 Å². The van der Waals surface area contributed by atoms with E-state index in [0.29, 0.717) is 11.4 Å². The molecule has 6 heteroatoms. The second kappa shape index (κ2) is 8.81. The van der Waals surface area contributed by atoms with Crippen molar-refractivity contribution in [1.82, 2.24) is 9.78 Å². The zero-order valence-electron chi connectivity index (χ0n) is 21.4. The number of esters is 2. The van der Waals surface area contributed by atoms with E-state index >= 15 is 0 Å². The Hall–Kier alpha value is -4.97. The smallest absolute Gasteiger partial charge is 0.357 e. The topological polar surface area (TPSA) is 70.4 Å². The third-order valence-electron chi connectivity index (χ3n) is 7.87. The first kappa shape index (κ1) is 23.2. The Balaban J connectivity index is 1.47. The van der Waals surface area contributed by atoms with E-state index in [-0.39, 0.29) is 23.1 Å². The maximum atomic E-state index is 13.2. The van der Waals surface area contributed by atoms with E-state index in [0.717, 1.165) is 5.56 Å². The lowest BCUT2D eigenvalue weighted by Crippen LogP contribution is -2.27. The van der Waals surface area contributed by atoms with Crippen molar-refractivity contribution in [3.8, 4) is 16.9 Å². The zero-order chi connectivity index (χ0) is 26.7. The first-order valence-electron chi connectivity index (χ1n) is 12.8. The van der Waals surface area contributed by atoms with Gasteiger partial charge in [0.1, 0.15) is 11.3 Å². The summed E-state index contributed by atoms with van der Waals surface area (Å²) in [5.74, 6) is -1.12. The number of hydrogen-bond acceptors (Lipinski definition) is 5. The minimum Gasteiger partial charge on any atom is -0.465 e. The van der Waals surface area contributed by atoms with Crippen LogP contribution in [0.4, 0.5) is 0 Å². The van der Waals surface area contributed by atoms with Gasteiger partial charge in [-0.15, -0.1) is 0 Å². The Morgan fingerprint density at radius 2 is 1.15 bits per heavy atom. The fourth-order valence-corrected chi connectivity index (χ4v) is 6.27. The molecule has 4 aromatic carbocycles. The molecule has 0 aliphatic heterocycles. The predicted octanol–water partition coefficient (Wildman–Crippen LogP) is 6.10. The Bertz CT molecular complexity index is 1740. The summed E-state index contributed by atoms with van der Waals surface area (Å²) >= 11 is 0. The molecule has 0 N–H and O–H groups in total. The molecule has 8 rings (SSSR count). The van der Waals surface area contributed by atoms with Gasteiger partial charge in [-0.3, -0.25) is 0 Å². The Labute approximate surface area is 225 Å². The fourth-order valence-electron chi connectivity index (χ4n) is 6.27. The maximum Gasteiger partial charge on any atom is 0.357 e. The highest BCUT2D eigenvalue weighted by molar-refractivity contribution is 6.07. The molecule has 0 atom stereocenters. The largest absolute Gasteiger partial charge is 0.465 e. The molecular formula is C33H24N2O4. The van der Waals surface area contributed by atoms with Crippen molar-refractivity contribution in [3.63, 3.8) is 0 Å². The molecule has 0 unspecified atom stereocenters. The van der Waals surface area contributed by atoms with Gasteiger partial charge in [-0.1, -0.05) is 78.9 Å². The highest BCUT2D eigenvalue weighted by atomic mass is 16.5. The number of nitrogens with zero attached hydrogens (tertiary/aromatic N) is 2. The zero-order valence-corrected chi connectivity index (χ0v) is 21.4. The number of ether oxygens (including phenoxy) is 2. The van der Waals surface area contributed by atoms with Crippen LogP contribution in [-0.4, -0.2) is 35.9 Å². The summed E-state index contributed by atoms with van der Waals surface area (Å²) in [5, 5.41) is 4.80. The van der Waals surface area contributed by atoms with E-state index in [2.05, 4.69) is 60.7 Å². The van der Waals surface area contributed by atoms with Gasteiger partial charge in [0.05, 0.1) is 19.9 Å². The number of carbonyl (C=O) groups excluding carboxylic acids is 2. The molecule has 190 valence electrons. The van der Waals surface area contributed by atoms with Crippen LogP contribution < -0.4 is 0 Å². The predicted molar refractivity (Wildman–Crippen MR) is 146 cm³/mol. The first-order chi connectivity index (χ1) is 19.1. The van der Waals surface area contributed by atoms with Gasteiger partial charge < -0.3 is 9.47 Å². The highest BCUT2D eigenvalue weighted by Crippen LogP contribution is 2.56. The summed E-state index contributed by atoms with van der Waals surface area (Å²) in [6, 6.07) is 32.7. The summed E-state index contributed by atoms with van der Waals surface area (Å²) < 4.78 is 11.7. The molecule has 0 amide bonds. The normalized spacial score (nSPS) is 16.2. The van der Waals surface area contributed by atoms with Crippen molar-refractivity contribution in [2.75, 3.05) is 14.2 Å². The van der Waals surface area contributed by atoms with Crippen LogP contribution in [0.3, 0.4) is 0 Å². The molecule has 0 spiro atoms. The number of aromatic nitrogens is 2. The lowest BCUT2D eigenvalue weighted by Gasteiger charge is -2.42. The van der Waals surface area contributed by atoms with Crippen LogP contribution >= 0.6 is 0 Å². The number of benzene rings is 4. The van der Waals surface area contributed by atoms with Gasteiger partial charge in [0.25, 0.3) is 0 Å². The van der Waals surface area contributed by atoms with E-state index < -0.39 is 11.9 Å². The molecule has 2 bridgehead atoms. The molecule has 3 aliphatic rings. The number of hydrogen-bond donors (Lipinski definition) is 0. The molecule has 6 nitrogen and oxygen atoms in total. The van der Waals surface area contributed by atoms with Crippen molar-refractivity contribution >= 4 is 11.9 Å². The lowest BCUT2D eigenvalue weighted by atomic mass is 9.61. The minimum absolute atomic E-state index is 0.0282. The summed E-state index contributed by atoms with van der Waals surface area (Å²) in [5.41, 5.74) is 9.53. The van der Waals surface area contributed by atoms with E-state index in [4.69, 9.17) is 14.6 Å². The summed E-state index contributed by atoms with van der Waals surface area (Å²) in [6.07, 6.45) is 0. The molecule has 1 aromatic heterocycles. The van der Waals surface area contributed by atoms with Gasteiger partial charge in [-0.25, -0.2) is 14.3 Å². The number of para-hydroxylation sites is 1. The van der Waals surface area contributed by atoms with Crippen molar-refractivity contribution in [1.29, 1.82) is 0 Å². The summed E-state index contributed by atoms with van der Waals surface area (Å²) in [4.78, 5) is 26.2. The third-order valence-corrected chi connectivity index (χ3v) is 7.87.